The maximum absolute atomic E-state index is 11.1. The van der Waals surface area contributed by atoms with Crippen LogP contribution in [-0.2, 0) is 9.53 Å². The van der Waals surface area contributed by atoms with E-state index in [2.05, 4.69) is 0 Å². The second kappa shape index (κ2) is 4.69. The number of aliphatic carboxylic acids is 1. The molecule has 3 N–H and O–H groups in total. The van der Waals surface area contributed by atoms with Crippen LogP contribution in [0.2, 0.25) is 0 Å². The molecular weight excluding hydrogens is 260 g/mol. The Morgan fingerprint density at radius 1 is 1.35 bits per heavy atom. The van der Waals surface area contributed by atoms with Crippen molar-refractivity contribution in [1.82, 2.24) is 0 Å². The first kappa shape index (κ1) is 15.2. The lowest BCUT2D eigenvalue weighted by molar-refractivity contribution is -0.150. The number of aliphatic hydroxyl groups is 2. The highest BCUT2D eigenvalue weighted by Gasteiger charge is 2.67. The number of carboxylic acids is 1. The van der Waals surface area contributed by atoms with E-state index in [1.165, 1.54) is 0 Å². The van der Waals surface area contributed by atoms with Gasteiger partial charge in [-0.1, -0.05) is 13.0 Å². The summed E-state index contributed by atoms with van der Waals surface area (Å²) in [6.45, 7) is 5.73. The summed E-state index contributed by atoms with van der Waals surface area (Å²) in [6, 6.07) is 0. The van der Waals surface area contributed by atoms with E-state index in [1.807, 2.05) is 6.92 Å². The topological polar surface area (TPSA) is 87.0 Å². The Balaban J connectivity index is 2.34. The van der Waals surface area contributed by atoms with Crippen LogP contribution >= 0.6 is 0 Å². The molecular formula is C15H22O5. The van der Waals surface area contributed by atoms with E-state index < -0.39 is 28.7 Å². The molecule has 0 spiro atoms. The Morgan fingerprint density at radius 2 is 2.00 bits per heavy atom. The van der Waals surface area contributed by atoms with Gasteiger partial charge in [0.25, 0.3) is 0 Å². The Labute approximate surface area is 118 Å². The largest absolute Gasteiger partial charge is 0.478 e. The molecule has 1 aliphatic carbocycles. The molecule has 2 aliphatic rings. The van der Waals surface area contributed by atoms with E-state index in [-0.39, 0.29) is 0 Å². The monoisotopic (exact) mass is 282 g/mol. The molecule has 1 saturated heterocycles. The SMILES string of the molecule is CC(/C=C/C1(O)C2(C)COC1(C)CC(O)C2)=C\C(=O)O. The number of hydrogen-bond acceptors (Lipinski definition) is 4. The van der Waals surface area contributed by atoms with Crippen molar-refractivity contribution < 1.29 is 24.9 Å². The van der Waals surface area contributed by atoms with Crippen molar-refractivity contribution >= 4 is 5.97 Å². The van der Waals surface area contributed by atoms with Crippen LogP contribution in [0.25, 0.3) is 0 Å². The summed E-state index contributed by atoms with van der Waals surface area (Å²) in [5.41, 5.74) is -2.09. The Morgan fingerprint density at radius 3 is 2.55 bits per heavy atom. The number of fused-ring (bicyclic) bond motifs is 2. The third kappa shape index (κ3) is 2.20. The second-order valence-corrected chi connectivity index (χ2v) is 6.47. The van der Waals surface area contributed by atoms with Crippen LogP contribution < -0.4 is 0 Å². The summed E-state index contributed by atoms with van der Waals surface area (Å²) in [5, 5.41) is 29.7. The van der Waals surface area contributed by atoms with Gasteiger partial charge in [-0.25, -0.2) is 4.79 Å². The van der Waals surface area contributed by atoms with Crippen LogP contribution in [0.4, 0.5) is 0 Å². The molecule has 1 saturated carbocycles. The average molecular weight is 282 g/mol. The average Bonchev–Trinajstić information content (AvgIpc) is 2.43. The molecule has 2 rings (SSSR count). The number of carboxylic acid groups (broad SMARTS) is 1. The predicted octanol–water partition coefficient (Wildman–Crippen LogP) is 1.25. The van der Waals surface area contributed by atoms with E-state index in [0.29, 0.717) is 25.0 Å². The van der Waals surface area contributed by atoms with Crippen molar-refractivity contribution in [2.45, 2.75) is 50.9 Å². The van der Waals surface area contributed by atoms with E-state index >= 15 is 0 Å². The number of rotatable bonds is 3. The highest BCUT2D eigenvalue weighted by Crippen LogP contribution is 2.57. The lowest BCUT2D eigenvalue weighted by Crippen LogP contribution is -2.60. The van der Waals surface area contributed by atoms with Gasteiger partial charge in [-0.05, 0) is 31.9 Å². The molecule has 4 unspecified atom stereocenters. The van der Waals surface area contributed by atoms with Crippen molar-refractivity contribution in [1.29, 1.82) is 0 Å². The number of carbonyl (C=O) groups is 1. The fraction of sp³-hybridized carbons (Fsp3) is 0.667. The van der Waals surface area contributed by atoms with Crippen LogP contribution in [0.15, 0.2) is 23.8 Å². The summed E-state index contributed by atoms with van der Waals surface area (Å²) < 4.78 is 5.77. The molecule has 20 heavy (non-hydrogen) atoms. The van der Waals surface area contributed by atoms with E-state index in [0.717, 1.165) is 6.08 Å². The van der Waals surface area contributed by atoms with Crippen molar-refractivity contribution in [2.24, 2.45) is 5.41 Å². The quantitative estimate of drug-likeness (QED) is 0.536. The van der Waals surface area contributed by atoms with Gasteiger partial charge in [-0.2, -0.15) is 0 Å². The first-order valence-electron chi connectivity index (χ1n) is 6.77. The molecule has 4 atom stereocenters. The van der Waals surface area contributed by atoms with Gasteiger partial charge in [0.2, 0.25) is 0 Å². The van der Waals surface area contributed by atoms with E-state index in [9.17, 15) is 15.0 Å². The van der Waals surface area contributed by atoms with Gasteiger partial charge < -0.3 is 20.1 Å². The van der Waals surface area contributed by atoms with Crippen molar-refractivity contribution in [3.63, 3.8) is 0 Å². The summed E-state index contributed by atoms with van der Waals surface area (Å²) in [7, 11) is 0. The Bertz CT molecular complexity index is 461. The fourth-order valence-corrected chi connectivity index (χ4v) is 3.52. The zero-order chi connectivity index (χ0) is 15.2. The van der Waals surface area contributed by atoms with Gasteiger partial charge in [-0.15, -0.1) is 0 Å². The van der Waals surface area contributed by atoms with Gasteiger partial charge in [-0.3, -0.25) is 0 Å². The minimum absolute atomic E-state index is 0.366. The van der Waals surface area contributed by atoms with Gasteiger partial charge in [0, 0.05) is 17.9 Å². The minimum atomic E-state index is -1.22. The lowest BCUT2D eigenvalue weighted by atomic mass is 9.59. The molecule has 0 aromatic heterocycles. The summed E-state index contributed by atoms with van der Waals surface area (Å²) in [5.74, 6) is -1.02. The predicted molar refractivity (Wildman–Crippen MR) is 73.2 cm³/mol. The number of aliphatic hydroxyl groups excluding tert-OH is 1. The fourth-order valence-electron chi connectivity index (χ4n) is 3.52. The van der Waals surface area contributed by atoms with E-state index in [4.69, 9.17) is 9.84 Å². The zero-order valence-electron chi connectivity index (χ0n) is 12.1. The minimum Gasteiger partial charge on any atom is -0.478 e. The molecule has 5 heteroatoms. The molecule has 0 amide bonds. The van der Waals surface area contributed by atoms with Crippen LogP contribution in [0.1, 0.15) is 33.6 Å². The van der Waals surface area contributed by atoms with Gasteiger partial charge >= 0.3 is 5.97 Å². The summed E-state index contributed by atoms with van der Waals surface area (Å²) in [6.07, 6.45) is 4.66. The third-order valence-corrected chi connectivity index (χ3v) is 4.69. The zero-order valence-corrected chi connectivity index (χ0v) is 12.1. The van der Waals surface area contributed by atoms with Gasteiger partial charge in [0.1, 0.15) is 11.2 Å². The molecule has 1 heterocycles. The molecule has 0 radical (unpaired) electrons. The standard InChI is InChI=1S/C15H22O5/c1-10(6-12(17)18)4-5-15(19)13(2)7-11(16)8-14(15,3)20-9-13/h4-6,11,16,19H,7-9H2,1-3H3,(H,17,18)/b5-4+,10-6+. The van der Waals surface area contributed by atoms with Crippen molar-refractivity contribution in [2.75, 3.05) is 6.61 Å². The normalized spacial score (nSPS) is 45.0. The Hall–Kier alpha value is -1.17. The van der Waals surface area contributed by atoms with Crippen molar-refractivity contribution in [3.05, 3.63) is 23.8 Å². The van der Waals surface area contributed by atoms with Crippen LogP contribution in [0.5, 0.6) is 0 Å². The van der Waals surface area contributed by atoms with Gasteiger partial charge in [0.15, 0.2) is 0 Å². The number of allylic oxidation sites excluding steroid dienone is 2. The van der Waals surface area contributed by atoms with Crippen molar-refractivity contribution in [3.8, 4) is 0 Å². The smallest absolute Gasteiger partial charge is 0.328 e. The van der Waals surface area contributed by atoms with Crippen LogP contribution in [0, 0.1) is 5.41 Å². The highest BCUT2D eigenvalue weighted by molar-refractivity contribution is 5.81. The molecule has 5 nitrogen and oxygen atoms in total. The molecule has 0 aromatic carbocycles. The molecule has 2 fully saturated rings. The van der Waals surface area contributed by atoms with Crippen LogP contribution in [-0.4, -0.2) is 45.2 Å². The van der Waals surface area contributed by atoms with E-state index in [1.54, 1.807) is 26.0 Å². The summed E-state index contributed by atoms with van der Waals surface area (Å²) >= 11 is 0. The molecule has 0 aromatic rings. The highest BCUT2D eigenvalue weighted by atomic mass is 16.5. The van der Waals surface area contributed by atoms with Crippen LogP contribution in [0.3, 0.4) is 0 Å². The molecule has 2 bridgehead atoms. The Kier molecular flexibility index (Phi) is 3.57. The first-order chi connectivity index (χ1) is 9.12. The second-order valence-electron chi connectivity index (χ2n) is 6.47. The summed E-state index contributed by atoms with van der Waals surface area (Å²) in [4.78, 5) is 10.6. The molecule has 1 aliphatic heterocycles. The van der Waals surface area contributed by atoms with Gasteiger partial charge in [0.05, 0.1) is 12.7 Å². The number of hydrogen-bond donors (Lipinski definition) is 3. The number of ether oxygens (including phenoxy) is 1. The maximum Gasteiger partial charge on any atom is 0.328 e. The first-order valence-corrected chi connectivity index (χ1v) is 6.77. The maximum atomic E-state index is 11.1. The third-order valence-electron chi connectivity index (χ3n) is 4.69. The molecule has 112 valence electrons. The lowest BCUT2D eigenvalue weighted by Gasteiger charge is -2.49.